The molecule has 0 amide bonds. The number of rotatable bonds is 4. The van der Waals surface area contributed by atoms with Crippen molar-refractivity contribution in [3.63, 3.8) is 0 Å². The van der Waals surface area contributed by atoms with Crippen molar-refractivity contribution in [2.75, 3.05) is 5.32 Å². The van der Waals surface area contributed by atoms with Crippen molar-refractivity contribution >= 4 is 5.69 Å². The number of hydrogen-bond acceptors (Lipinski definition) is 3. The number of hydrogen-bond donors (Lipinski definition) is 1. The van der Waals surface area contributed by atoms with Gasteiger partial charge in [-0.15, -0.1) is 0 Å². The molecule has 1 fully saturated rings. The normalized spacial score (nSPS) is 13.2. The average molecular weight is 273 g/mol. The predicted molar refractivity (Wildman–Crippen MR) is 81.6 cm³/mol. The van der Waals surface area contributed by atoms with Gasteiger partial charge in [0.25, 0.3) is 0 Å². The van der Waals surface area contributed by atoms with Crippen LogP contribution in [0, 0.1) is 22.7 Å². The van der Waals surface area contributed by atoms with Crippen LogP contribution < -0.4 is 5.32 Å². The summed E-state index contributed by atoms with van der Waals surface area (Å²) in [7, 11) is 0. The van der Waals surface area contributed by atoms with Gasteiger partial charge >= 0.3 is 0 Å². The highest BCUT2D eigenvalue weighted by molar-refractivity contribution is 5.56. The van der Waals surface area contributed by atoms with Gasteiger partial charge in [0.05, 0.1) is 11.1 Å². The molecule has 0 heterocycles. The van der Waals surface area contributed by atoms with Crippen molar-refractivity contribution in [2.24, 2.45) is 0 Å². The molecule has 2 aromatic carbocycles. The zero-order valence-electron chi connectivity index (χ0n) is 11.6. The maximum Gasteiger partial charge on any atom is 0.101 e. The highest BCUT2D eigenvalue weighted by Gasteiger charge is 2.23. The standard InChI is InChI=1S/C18H15N3/c19-10-16-6-7-18(9-17(16)11-20)21-12-13-2-1-3-15(8-13)14-4-5-14/h1-3,6-9,14,21H,4-5,12H2. The van der Waals surface area contributed by atoms with Crippen LogP contribution in [0.2, 0.25) is 0 Å². The van der Waals surface area contributed by atoms with Gasteiger partial charge in [0.1, 0.15) is 12.1 Å². The molecule has 0 radical (unpaired) electrons. The first-order valence-corrected chi connectivity index (χ1v) is 7.07. The highest BCUT2D eigenvalue weighted by atomic mass is 14.9. The minimum absolute atomic E-state index is 0.411. The van der Waals surface area contributed by atoms with Crippen LogP contribution >= 0.6 is 0 Å². The van der Waals surface area contributed by atoms with Crippen molar-refractivity contribution < 1.29 is 0 Å². The summed E-state index contributed by atoms with van der Waals surface area (Å²) in [4.78, 5) is 0. The number of nitriles is 2. The molecular weight excluding hydrogens is 258 g/mol. The Balaban J connectivity index is 1.71. The fourth-order valence-electron chi connectivity index (χ4n) is 2.42. The van der Waals surface area contributed by atoms with Crippen molar-refractivity contribution in [3.8, 4) is 12.1 Å². The quantitative estimate of drug-likeness (QED) is 0.918. The Kier molecular flexibility index (Phi) is 3.58. The molecule has 3 rings (SSSR count). The summed E-state index contributed by atoms with van der Waals surface area (Å²) in [6.45, 7) is 0.720. The maximum atomic E-state index is 9.03. The lowest BCUT2D eigenvalue weighted by Gasteiger charge is -2.09. The van der Waals surface area contributed by atoms with Crippen LogP contribution in [-0.4, -0.2) is 0 Å². The fraction of sp³-hybridized carbons (Fsp3) is 0.222. The molecule has 0 atom stereocenters. The van der Waals surface area contributed by atoms with Gasteiger partial charge in [0.2, 0.25) is 0 Å². The molecule has 3 heteroatoms. The van der Waals surface area contributed by atoms with Gasteiger partial charge in [-0.1, -0.05) is 24.3 Å². The van der Waals surface area contributed by atoms with E-state index in [2.05, 4.69) is 35.7 Å². The molecule has 2 aromatic rings. The largest absolute Gasteiger partial charge is 0.381 e. The monoisotopic (exact) mass is 273 g/mol. The predicted octanol–water partition coefficient (Wildman–Crippen LogP) is 3.92. The van der Waals surface area contributed by atoms with E-state index < -0.39 is 0 Å². The van der Waals surface area contributed by atoms with Crippen molar-refractivity contribution in [1.29, 1.82) is 10.5 Å². The van der Waals surface area contributed by atoms with E-state index in [1.54, 1.807) is 12.1 Å². The summed E-state index contributed by atoms with van der Waals surface area (Å²) in [5.41, 5.74) is 4.35. The first kappa shape index (κ1) is 13.2. The molecule has 0 spiro atoms. The smallest absolute Gasteiger partial charge is 0.101 e. The number of anilines is 1. The van der Waals surface area contributed by atoms with Crippen LogP contribution in [0.25, 0.3) is 0 Å². The molecular formula is C18H15N3. The third kappa shape index (κ3) is 3.04. The van der Waals surface area contributed by atoms with Gasteiger partial charge in [0, 0.05) is 12.2 Å². The van der Waals surface area contributed by atoms with Crippen LogP contribution in [0.15, 0.2) is 42.5 Å². The molecule has 1 aliphatic carbocycles. The van der Waals surface area contributed by atoms with Gasteiger partial charge in [-0.3, -0.25) is 0 Å². The lowest BCUT2D eigenvalue weighted by molar-refractivity contribution is 1.08. The molecule has 1 saturated carbocycles. The van der Waals surface area contributed by atoms with Crippen molar-refractivity contribution in [1.82, 2.24) is 0 Å². The Bertz CT molecular complexity index is 746. The number of benzene rings is 2. The first-order chi connectivity index (χ1) is 10.3. The van der Waals surface area contributed by atoms with E-state index in [9.17, 15) is 0 Å². The van der Waals surface area contributed by atoms with Gasteiger partial charge < -0.3 is 5.32 Å². The Hall–Kier alpha value is -2.78. The van der Waals surface area contributed by atoms with Crippen molar-refractivity contribution in [2.45, 2.75) is 25.3 Å². The molecule has 102 valence electrons. The minimum atomic E-state index is 0.411. The molecule has 0 unspecified atom stereocenters. The van der Waals surface area contributed by atoms with E-state index in [1.807, 2.05) is 12.1 Å². The van der Waals surface area contributed by atoms with Gasteiger partial charge in [-0.25, -0.2) is 0 Å². The zero-order chi connectivity index (χ0) is 14.7. The van der Waals surface area contributed by atoms with Crippen molar-refractivity contribution in [3.05, 3.63) is 64.7 Å². The molecule has 21 heavy (non-hydrogen) atoms. The summed E-state index contributed by atoms with van der Waals surface area (Å²) in [6.07, 6.45) is 2.61. The highest BCUT2D eigenvalue weighted by Crippen LogP contribution is 2.40. The molecule has 0 aromatic heterocycles. The Labute approximate surface area is 124 Å². The third-order valence-corrected chi connectivity index (χ3v) is 3.76. The SMILES string of the molecule is N#Cc1ccc(NCc2cccc(C3CC3)c2)cc1C#N. The summed E-state index contributed by atoms with van der Waals surface area (Å²) in [5.74, 6) is 0.755. The Morgan fingerprint density at radius 2 is 1.81 bits per heavy atom. The first-order valence-electron chi connectivity index (χ1n) is 7.07. The van der Waals surface area contributed by atoms with E-state index in [-0.39, 0.29) is 0 Å². The molecule has 0 aliphatic heterocycles. The van der Waals surface area contributed by atoms with Gasteiger partial charge in [-0.05, 0) is 48.1 Å². The number of nitrogens with zero attached hydrogens (tertiary/aromatic N) is 2. The van der Waals surface area contributed by atoms with Crippen LogP contribution in [-0.2, 0) is 6.54 Å². The lowest BCUT2D eigenvalue weighted by atomic mass is 10.1. The van der Waals surface area contributed by atoms with Crippen LogP contribution in [0.5, 0.6) is 0 Å². The molecule has 1 aliphatic rings. The summed E-state index contributed by atoms with van der Waals surface area (Å²) < 4.78 is 0. The van der Waals surface area contributed by atoms with E-state index >= 15 is 0 Å². The molecule has 1 N–H and O–H groups in total. The Morgan fingerprint density at radius 1 is 1.00 bits per heavy atom. The maximum absolute atomic E-state index is 9.03. The molecule has 3 nitrogen and oxygen atoms in total. The second kappa shape index (κ2) is 5.69. The zero-order valence-corrected chi connectivity index (χ0v) is 11.6. The van der Waals surface area contributed by atoms with E-state index in [0.717, 1.165) is 18.2 Å². The second-order valence-corrected chi connectivity index (χ2v) is 5.36. The third-order valence-electron chi connectivity index (χ3n) is 3.76. The van der Waals surface area contributed by atoms with Gasteiger partial charge in [0.15, 0.2) is 0 Å². The van der Waals surface area contributed by atoms with Crippen LogP contribution in [0.4, 0.5) is 5.69 Å². The lowest BCUT2D eigenvalue weighted by Crippen LogP contribution is -2.00. The fourth-order valence-corrected chi connectivity index (χ4v) is 2.42. The average Bonchev–Trinajstić information content (AvgIpc) is 3.38. The van der Waals surface area contributed by atoms with E-state index in [4.69, 9.17) is 10.5 Å². The molecule has 0 bridgehead atoms. The van der Waals surface area contributed by atoms with Crippen LogP contribution in [0.3, 0.4) is 0 Å². The van der Waals surface area contributed by atoms with E-state index in [1.165, 1.54) is 24.0 Å². The summed E-state index contributed by atoms with van der Waals surface area (Å²) in [5, 5.41) is 21.3. The van der Waals surface area contributed by atoms with E-state index in [0.29, 0.717) is 11.1 Å². The second-order valence-electron chi connectivity index (χ2n) is 5.36. The summed E-state index contributed by atoms with van der Waals surface area (Å²) in [6, 6.07) is 18.0. The minimum Gasteiger partial charge on any atom is -0.381 e. The summed E-state index contributed by atoms with van der Waals surface area (Å²) >= 11 is 0. The molecule has 0 saturated heterocycles. The number of nitrogens with one attached hydrogen (secondary N) is 1. The topological polar surface area (TPSA) is 59.6 Å². The van der Waals surface area contributed by atoms with Gasteiger partial charge in [-0.2, -0.15) is 10.5 Å². The van der Waals surface area contributed by atoms with Crippen LogP contribution in [0.1, 0.15) is 41.0 Å². The Morgan fingerprint density at radius 3 is 2.52 bits per heavy atom.